The molecule has 1 heterocycles. The molecule has 1 saturated heterocycles. The van der Waals surface area contributed by atoms with Crippen LogP contribution in [0.1, 0.15) is 127 Å². The molecule has 0 saturated carbocycles. The van der Waals surface area contributed by atoms with Crippen molar-refractivity contribution >= 4 is 46.4 Å². The van der Waals surface area contributed by atoms with Gasteiger partial charge in [-0.2, -0.15) is 0 Å². The third-order valence-corrected chi connectivity index (χ3v) is 9.41. The summed E-state index contributed by atoms with van der Waals surface area (Å²) in [5, 5.41) is 12.3. The molecule has 0 aromatic heterocycles. The lowest BCUT2D eigenvalue weighted by molar-refractivity contribution is -0.276. The van der Waals surface area contributed by atoms with Crippen LogP contribution in [-0.2, 0) is 20.9 Å². The van der Waals surface area contributed by atoms with Crippen molar-refractivity contribution in [2.75, 3.05) is 25.0 Å². The maximum atomic E-state index is 12.4. The van der Waals surface area contributed by atoms with Crippen molar-refractivity contribution in [3.8, 4) is 0 Å². The first-order chi connectivity index (χ1) is 22.2. The number of carbonyl (C=O) groups excluding carboxylic acids is 1. The van der Waals surface area contributed by atoms with Crippen LogP contribution in [0.5, 0.6) is 0 Å². The molecule has 2 N–H and O–H groups in total. The lowest BCUT2D eigenvalue weighted by atomic mass is 9.90. The number of nitrogens with zero attached hydrogens (tertiary/aromatic N) is 1. The summed E-state index contributed by atoms with van der Waals surface area (Å²) < 4.78 is 11.4. The average Bonchev–Trinajstić information content (AvgIpc) is 3.04. The Morgan fingerprint density at radius 3 is 1.98 bits per heavy atom. The van der Waals surface area contributed by atoms with Gasteiger partial charge in [0.25, 0.3) is 9.70 Å². The SMILES string of the molecule is CCCCCCCCN(CCCCCCCC)C[C@H]1O[C@@H](c2cccc(NC(=O)C(Cl)(Cl)Cl)c2)O[C@@H](c2ccc(CO)cc2)[C@H]1C. The number of halogens is 3. The highest BCUT2D eigenvalue weighted by Crippen LogP contribution is 2.42. The van der Waals surface area contributed by atoms with E-state index in [4.69, 9.17) is 44.3 Å². The van der Waals surface area contributed by atoms with E-state index < -0.39 is 16.0 Å². The van der Waals surface area contributed by atoms with E-state index in [-0.39, 0.29) is 24.7 Å². The van der Waals surface area contributed by atoms with Crippen molar-refractivity contribution in [2.45, 2.75) is 127 Å². The summed E-state index contributed by atoms with van der Waals surface area (Å²) in [6, 6.07) is 15.3. The van der Waals surface area contributed by atoms with Crippen molar-refractivity contribution in [2.24, 2.45) is 5.92 Å². The molecule has 1 fully saturated rings. The zero-order valence-electron chi connectivity index (χ0n) is 28.0. The molecule has 9 heteroatoms. The summed E-state index contributed by atoms with van der Waals surface area (Å²) >= 11 is 17.4. The minimum absolute atomic E-state index is 0.00568. The number of aliphatic hydroxyl groups is 1. The first-order valence-electron chi connectivity index (χ1n) is 17.4. The first-order valence-corrected chi connectivity index (χ1v) is 18.5. The standard InChI is InChI=1S/C37H55Cl3N2O4/c1-4-6-8-10-12-14-23-42(24-15-13-11-9-7-5-2)26-33-28(3)34(30-21-19-29(27-43)20-22-30)46-35(45-33)31-17-16-18-32(25-31)41-36(44)37(38,39)40/h16-22,25,28,33-35,43H,4-15,23-24,26-27H2,1-3H3,(H,41,44)/t28-,33+,34+,35+/m0/s1. The Kier molecular flexibility index (Phi) is 17.7. The van der Waals surface area contributed by atoms with Gasteiger partial charge in [-0.1, -0.05) is 156 Å². The van der Waals surface area contributed by atoms with Gasteiger partial charge in [0.05, 0.1) is 18.8 Å². The molecule has 0 unspecified atom stereocenters. The number of benzene rings is 2. The van der Waals surface area contributed by atoms with Crippen molar-refractivity contribution in [1.29, 1.82) is 0 Å². The smallest absolute Gasteiger partial charge is 0.276 e. The number of alkyl halides is 3. The highest BCUT2D eigenvalue weighted by Gasteiger charge is 2.39. The molecule has 2 aromatic carbocycles. The van der Waals surface area contributed by atoms with Gasteiger partial charge in [0.1, 0.15) is 0 Å². The highest BCUT2D eigenvalue weighted by atomic mass is 35.6. The molecule has 0 bridgehead atoms. The number of unbranched alkanes of at least 4 members (excludes halogenated alkanes) is 10. The van der Waals surface area contributed by atoms with Gasteiger partial charge in [0.2, 0.25) is 0 Å². The van der Waals surface area contributed by atoms with Gasteiger partial charge in [-0.3, -0.25) is 4.79 Å². The number of nitrogens with one attached hydrogen (secondary N) is 1. The molecular formula is C37H55Cl3N2O4. The van der Waals surface area contributed by atoms with Crippen LogP contribution >= 0.6 is 34.8 Å². The second kappa shape index (κ2) is 20.9. The average molecular weight is 698 g/mol. The molecule has 3 rings (SSSR count). The van der Waals surface area contributed by atoms with Crippen LogP contribution in [0.25, 0.3) is 0 Å². The second-order valence-electron chi connectivity index (χ2n) is 12.7. The van der Waals surface area contributed by atoms with E-state index in [2.05, 4.69) is 31.0 Å². The number of carbonyl (C=O) groups is 1. The highest BCUT2D eigenvalue weighted by molar-refractivity contribution is 6.76. The van der Waals surface area contributed by atoms with Crippen LogP contribution in [-0.4, -0.2) is 45.4 Å². The van der Waals surface area contributed by atoms with E-state index in [0.29, 0.717) is 5.69 Å². The van der Waals surface area contributed by atoms with Gasteiger partial charge in [-0.25, -0.2) is 0 Å². The number of hydrogen-bond acceptors (Lipinski definition) is 5. The van der Waals surface area contributed by atoms with Crippen molar-refractivity contribution in [1.82, 2.24) is 4.90 Å². The summed E-state index contributed by atoms with van der Waals surface area (Å²) in [5.41, 5.74) is 3.17. The fourth-order valence-corrected chi connectivity index (χ4v) is 6.22. The Labute approximate surface area is 292 Å². The van der Waals surface area contributed by atoms with Crippen LogP contribution in [0.3, 0.4) is 0 Å². The summed E-state index contributed by atoms with van der Waals surface area (Å²) in [5.74, 6) is -0.645. The fourth-order valence-electron chi connectivity index (χ4n) is 6.07. The predicted octanol–water partition coefficient (Wildman–Crippen LogP) is 10.3. The monoisotopic (exact) mass is 696 g/mol. The number of rotatable bonds is 20. The summed E-state index contributed by atoms with van der Waals surface area (Å²) in [6.07, 6.45) is 14.3. The number of aliphatic hydroxyl groups excluding tert-OH is 1. The third kappa shape index (κ3) is 13.3. The van der Waals surface area contributed by atoms with Crippen LogP contribution < -0.4 is 5.32 Å². The van der Waals surface area contributed by atoms with Crippen molar-refractivity contribution in [3.05, 3.63) is 65.2 Å². The lowest BCUT2D eigenvalue weighted by Gasteiger charge is -2.43. The van der Waals surface area contributed by atoms with Crippen LogP contribution in [0.2, 0.25) is 0 Å². The molecule has 258 valence electrons. The van der Waals surface area contributed by atoms with Gasteiger partial charge in [-0.05, 0) is 49.2 Å². The maximum Gasteiger partial charge on any atom is 0.276 e. The van der Waals surface area contributed by atoms with E-state index >= 15 is 0 Å². The summed E-state index contributed by atoms with van der Waals surface area (Å²) in [4.78, 5) is 15.0. The molecule has 2 aromatic rings. The normalized spacial score (nSPS) is 20.3. The number of amides is 1. The molecular weight excluding hydrogens is 643 g/mol. The Morgan fingerprint density at radius 1 is 0.826 bits per heavy atom. The molecule has 6 nitrogen and oxygen atoms in total. The van der Waals surface area contributed by atoms with E-state index in [0.717, 1.165) is 36.3 Å². The molecule has 1 amide bonds. The fraction of sp³-hybridized carbons (Fsp3) is 0.649. The zero-order valence-corrected chi connectivity index (χ0v) is 30.3. The maximum absolute atomic E-state index is 12.4. The molecule has 4 atom stereocenters. The molecule has 0 spiro atoms. The van der Waals surface area contributed by atoms with Gasteiger partial charge in [-0.15, -0.1) is 0 Å². The van der Waals surface area contributed by atoms with E-state index in [1.807, 2.05) is 42.5 Å². The molecule has 1 aliphatic rings. The first kappa shape index (κ1) is 39.1. The van der Waals surface area contributed by atoms with Gasteiger partial charge in [0.15, 0.2) is 6.29 Å². The molecule has 46 heavy (non-hydrogen) atoms. The Morgan fingerprint density at radius 2 is 1.41 bits per heavy atom. The minimum atomic E-state index is -2.07. The van der Waals surface area contributed by atoms with Gasteiger partial charge >= 0.3 is 0 Å². The largest absolute Gasteiger partial charge is 0.392 e. The summed E-state index contributed by atoms with van der Waals surface area (Å²) in [7, 11) is 0. The quantitative estimate of drug-likeness (QED) is 0.106. The van der Waals surface area contributed by atoms with Crippen LogP contribution in [0.15, 0.2) is 48.5 Å². The number of anilines is 1. The van der Waals surface area contributed by atoms with E-state index in [1.54, 1.807) is 6.07 Å². The third-order valence-electron chi connectivity index (χ3n) is 8.89. The summed E-state index contributed by atoms with van der Waals surface area (Å²) in [6.45, 7) is 9.66. The van der Waals surface area contributed by atoms with Crippen molar-refractivity contribution < 1.29 is 19.4 Å². The van der Waals surface area contributed by atoms with Crippen molar-refractivity contribution in [3.63, 3.8) is 0 Å². The predicted molar refractivity (Wildman–Crippen MR) is 192 cm³/mol. The number of hydrogen-bond donors (Lipinski definition) is 2. The molecule has 1 aliphatic heterocycles. The van der Waals surface area contributed by atoms with Crippen LogP contribution in [0, 0.1) is 5.92 Å². The minimum Gasteiger partial charge on any atom is -0.392 e. The van der Waals surface area contributed by atoms with Crippen LogP contribution in [0.4, 0.5) is 5.69 Å². The lowest BCUT2D eigenvalue weighted by Crippen LogP contribution is -2.45. The Bertz CT molecular complexity index is 1130. The number of ether oxygens (including phenoxy) is 2. The van der Waals surface area contributed by atoms with E-state index in [1.165, 1.54) is 77.0 Å². The van der Waals surface area contributed by atoms with E-state index in [9.17, 15) is 9.90 Å². The van der Waals surface area contributed by atoms with Gasteiger partial charge in [0, 0.05) is 23.7 Å². The Hall–Kier alpha value is -1.38. The topological polar surface area (TPSA) is 71.0 Å². The molecule has 0 radical (unpaired) electrons. The van der Waals surface area contributed by atoms with Gasteiger partial charge < -0.3 is 24.8 Å². The zero-order chi connectivity index (χ0) is 33.4. The molecule has 0 aliphatic carbocycles. The second-order valence-corrected chi connectivity index (χ2v) is 15.0. The Balaban J connectivity index is 1.81.